The second-order valence-corrected chi connectivity index (χ2v) is 12.9. The summed E-state index contributed by atoms with van der Waals surface area (Å²) in [5, 5.41) is 27.7. The molecule has 34 heavy (non-hydrogen) atoms. The maximum absolute atomic E-state index is 13.6. The van der Waals surface area contributed by atoms with Crippen molar-refractivity contribution >= 4 is 16.7 Å². The highest BCUT2D eigenvalue weighted by atomic mass is 16.3. The number of carbonyl (C=O) groups excluding carboxylic acids is 1. The minimum atomic E-state index is -0.600. The Bertz CT molecular complexity index is 1110. The lowest BCUT2D eigenvalue weighted by molar-refractivity contribution is -0.185. The second kappa shape index (κ2) is 7.60. The van der Waals surface area contributed by atoms with Gasteiger partial charge in [0.25, 0.3) is 0 Å². The fourth-order valence-corrected chi connectivity index (χ4v) is 9.23. The largest absolute Gasteiger partial charge is 0.393 e. The topological polar surface area (TPSA) is 88.2 Å². The molecule has 4 saturated carbocycles. The molecule has 0 radical (unpaired) electrons. The molecule has 4 aliphatic carbocycles. The van der Waals surface area contributed by atoms with Gasteiger partial charge in [0.2, 0.25) is 0 Å². The van der Waals surface area contributed by atoms with Crippen LogP contribution in [0.25, 0.3) is 10.9 Å². The Morgan fingerprint density at radius 3 is 2.71 bits per heavy atom. The van der Waals surface area contributed by atoms with E-state index < -0.39 is 5.60 Å². The van der Waals surface area contributed by atoms with E-state index in [1.165, 1.54) is 0 Å². The van der Waals surface area contributed by atoms with Gasteiger partial charge in [-0.2, -0.15) is 5.10 Å². The number of carbonyl (C=O) groups is 1. The summed E-state index contributed by atoms with van der Waals surface area (Å²) in [4.78, 5) is 17.9. The zero-order valence-electron chi connectivity index (χ0n) is 20.8. The van der Waals surface area contributed by atoms with E-state index in [0.29, 0.717) is 24.3 Å². The van der Waals surface area contributed by atoms with Gasteiger partial charge in [-0.3, -0.25) is 14.5 Å². The smallest absolute Gasteiger partial charge is 0.157 e. The van der Waals surface area contributed by atoms with Crippen LogP contribution in [-0.2, 0) is 11.3 Å². The molecule has 0 amide bonds. The van der Waals surface area contributed by atoms with Gasteiger partial charge < -0.3 is 10.2 Å². The number of aliphatic hydroxyl groups excluding tert-OH is 1. The van der Waals surface area contributed by atoms with Crippen molar-refractivity contribution in [1.82, 2.24) is 14.8 Å². The van der Waals surface area contributed by atoms with E-state index >= 15 is 0 Å². The Balaban J connectivity index is 1.25. The zero-order chi connectivity index (χ0) is 23.9. The standard InChI is InChI=1S/C28H39N3O3/c1-26(34)9-10-27(2)18(13-26)12-23(32)25-20-5-4-19(28(20,3)8-6-21(25)27)24(33)16-31-22-15-29-11-7-17(22)14-30-31/h7,11,14-15,18-21,23,25,32,34H,4-6,8-10,12-13,16H2,1-3H3/t18-,19+,20-,21-,23+,25-,26+,27-,28+/m0/s1. The van der Waals surface area contributed by atoms with Crippen LogP contribution in [0.5, 0.6) is 0 Å². The summed E-state index contributed by atoms with van der Waals surface area (Å²) in [5.41, 5.74) is 0.450. The van der Waals surface area contributed by atoms with Crippen molar-refractivity contribution in [1.29, 1.82) is 0 Å². The third kappa shape index (κ3) is 3.24. The molecule has 6 rings (SSSR count). The van der Waals surface area contributed by atoms with Crippen LogP contribution in [0.3, 0.4) is 0 Å². The molecule has 4 aliphatic rings. The molecule has 0 unspecified atom stereocenters. The molecule has 0 saturated heterocycles. The number of aliphatic hydroxyl groups is 2. The molecule has 6 nitrogen and oxygen atoms in total. The molecule has 4 fully saturated rings. The van der Waals surface area contributed by atoms with E-state index in [1.54, 1.807) is 12.4 Å². The summed E-state index contributed by atoms with van der Waals surface area (Å²) < 4.78 is 1.81. The molecule has 0 spiro atoms. The SMILES string of the molecule is C[C@@]1(O)CC[C@@]2(C)[C@@H](C[C@@H](O)[C@@H]3[C@@H]2CC[C@]2(C)[C@@H](C(=O)Cn4ncc5ccncc54)CC[C@@H]32)C1. The second-order valence-electron chi connectivity index (χ2n) is 12.9. The van der Waals surface area contributed by atoms with Crippen LogP contribution in [0.1, 0.15) is 72.1 Å². The van der Waals surface area contributed by atoms with Crippen molar-refractivity contribution in [3.8, 4) is 0 Å². The van der Waals surface area contributed by atoms with Gasteiger partial charge in [0.15, 0.2) is 5.78 Å². The summed E-state index contributed by atoms with van der Waals surface area (Å²) in [6, 6.07) is 1.93. The van der Waals surface area contributed by atoms with Crippen molar-refractivity contribution in [2.24, 2.45) is 40.4 Å². The number of rotatable bonds is 3. The predicted octanol–water partition coefficient (Wildman–Crippen LogP) is 4.38. The lowest BCUT2D eigenvalue weighted by atomic mass is 9.43. The van der Waals surface area contributed by atoms with Gasteiger partial charge in [-0.05, 0) is 98.9 Å². The average molecular weight is 466 g/mol. The Labute approximate surface area is 202 Å². The summed E-state index contributed by atoms with van der Waals surface area (Å²) >= 11 is 0. The first kappa shape index (κ1) is 22.7. The summed E-state index contributed by atoms with van der Waals surface area (Å²) in [6.07, 6.45) is 12.6. The van der Waals surface area contributed by atoms with Gasteiger partial charge in [-0.1, -0.05) is 13.8 Å². The quantitative estimate of drug-likeness (QED) is 0.702. The third-order valence-corrected chi connectivity index (χ3v) is 11.1. The predicted molar refractivity (Wildman–Crippen MR) is 130 cm³/mol. The van der Waals surface area contributed by atoms with Crippen LogP contribution in [0.15, 0.2) is 24.7 Å². The number of fused-ring (bicyclic) bond motifs is 6. The number of hydrogen-bond acceptors (Lipinski definition) is 5. The van der Waals surface area contributed by atoms with Crippen LogP contribution < -0.4 is 0 Å². The minimum Gasteiger partial charge on any atom is -0.393 e. The number of aromatic nitrogens is 3. The summed E-state index contributed by atoms with van der Waals surface area (Å²) in [7, 11) is 0. The fraction of sp³-hybridized carbons (Fsp3) is 0.750. The number of Topliss-reactive ketones (excluding diaryl/α,β-unsaturated/α-hetero) is 1. The molecule has 6 heteroatoms. The molecule has 2 N–H and O–H groups in total. The summed E-state index contributed by atoms with van der Waals surface area (Å²) in [6.45, 7) is 7.04. The molecule has 0 aliphatic heterocycles. The Hall–Kier alpha value is -1.79. The van der Waals surface area contributed by atoms with Crippen LogP contribution in [0.4, 0.5) is 0 Å². The summed E-state index contributed by atoms with van der Waals surface area (Å²) in [5.74, 6) is 1.85. The van der Waals surface area contributed by atoms with Crippen LogP contribution in [-0.4, -0.2) is 42.5 Å². The van der Waals surface area contributed by atoms with Gasteiger partial charge in [0, 0.05) is 17.5 Å². The maximum Gasteiger partial charge on any atom is 0.157 e. The molecule has 2 aromatic rings. The normalized spacial score (nSPS) is 46.0. The Kier molecular flexibility index (Phi) is 5.07. The van der Waals surface area contributed by atoms with Gasteiger partial charge >= 0.3 is 0 Å². The van der Waals surface area contributed by atoms with Crippen molar-refractivity contribution in [3.63, 3.8) is 0 Å². The van der Waals surface area contributed by atoms with E-state index in [1.807, 2.05) is 23.9 Å². The molecule has 2 heterocycles. The molecule has 0 aromatic carbocycles. The first-order valence-corrected chi connectivity index (χ1v) is 13.3. The highest BCUT2D eigenvalue weighted by Gasteiger charge is 2.63. The third-order valence-electron chi connectivity index (χ3n) is 11.1. The number of nitrogens with zero attached hydrogens (tertiary/aromatic N) is 3. The van der Waals surface area contributed by atoms with Crippen molar-refractivity contribution in [3.05, 3.63) is 24.7 Å². The zero-order valence-corrected chi connectivity index (χ0v) is 20.8. The monoisotopic (exact) mass is 465 g/mol. The van der Waals surface area contributed by atoms with E-state index in [-0.39, 0.29) is 34.6 Å². The fourth-order valence-electron chi connectivity index (χ4n) is 9.23. The minimum absolute atomic E-state index is 0.0270. The van der Waals surface area contributed by atoms with Crippen molar-refractivity contribution in [2.45, 2.75) is 90.4 Å². The van der Waals surface area contributed by atoms with Gasteiger partial charge in [-0.15, -0.1) is 0 Å². The molecule has 0 bridgehead atoms. The number of hydrogen-bond donors (Lipinski definition) is 2. The average Bonchev–Trinajstić information content (AvgIpc) is 3.35. The maximum atomic E-state index is 13.6. The molecule has 184 valence electrons. The van der Waals surface area contributed by atoms with Crippen LogP contribution >= 0.6 is 0 Å². The number of ketones is 1. The molecule has 9 atom stereocenters. The van der Waals surface area contributed by atoms with Crippen molar-refractivity contribution in [2.75, 3.05) is 0 Å². The Morgan fingerprint density at radius 2 is 1.88 bits per heavy atom. The van der Waals surface area contributed by atoms with E-state index in [0.717, 1.165) is 62.3 Å². The van der Waals surface area contributed by atoms with Gasteiger partial charge in [0.1, 0.15) is 6.54 Å². The van der Waals surface area contributed by atoms with E-state index in [4.69, 9.17) is 0 Å². The molecular weight excluding hydrogens is 426 g/mol. The van der Waals surface area contributed by atoms with Crippen LogP contribution in [0, 0.1) is 40.4 Å². The van der Waals surface area contributed by atoms with Gasteiger partial charge in [-0.25, -0.2) is 0 Å². The highest BCUT2D eigenvalue weighted by molar-refractivity contribution is 5.84. The Morgan fingerprint density at radius 1 is 1.09 bits per heavy atom. The lowest BCUT2D eigenvalue weighted by Crippen LogP contribution is -2.59. The van der Waals surface area contributed by atoms with E-state index in [2.05, 4.69) is 23.9 Å². The van der Waals surface area contributed by atoms with E-state index in [9.17, 15) is 15.0 Å². The molecular formula is C28H39N3O3. The highest BCUT2D eigenvalue weighted by Crippen LogP contribution is 2.68. The van der Waals surface area contributed by atoms with Crippen LogP contribution in [0.2, 0.25) is 0 Å². The lowest BCUT2D eigenvalue weighted by Gasteiger charge is -2.63. The first-order chi connectivity index (χ1) is 16.1. The number of pyridine rings is 1. The first-order valence-electron chi connectivity index (χ1n) is 13.3. The van der Waals surface area contributed by atoms with Gasteiger partial charge in [0.05, 0.1) is 29.6 Å². The van der Waals surface area contributed by atoms with Crippen molar-refractivity contribution < 1.29 is 15.0 Å². The molecule has 2 aromatic heterocycles.